The fourth-order valence-corrected chi connectivity index (χ4v) is 4.11. The summed E-state index contributed by atoms with van der Waals surface area (Å²) in [5.41, 5.74) is 2.29. The van der Waals surface area contributed by atoms with Crippen LogP contribution in [0, 0.1) is 17.0 Å². The van der Waals surface area contributed by atoms with Gasteiger partial charge < -0.3 is 29.8 Å². The van der Waals surface area contributed by atoms with Crippen molar-refractivity contribution < 1.29 is 23.4 Å². The molecule has 5 rings (SSSR count). The van der Waals surface area contributed by atoms with Gasteiger partial charge in [-0.05, 0) is 25.1 Å². The SMILES string of the molecule is CN1CC=C(c2c[nH]c3nccc(Oc4c(F)cc(NC5=NC[C@](C)(CO)CO5)cc4F)c23)CC1. The highest BCUT2D eigenvalue weighted by atomic mass is 19.1. The highest BCUT2D eigenvalue weighted by Crippen LogP contribution is 2.38. The van der Waals surface area contributed by atoms with E-state index in [2.05, 4.69) is 38.3 Å². The van der Waals surface area contributed by atoms with Crippen molar-refractivity contribution in [3.05, 3.63) is 53.9 Å². The standard InChI is InChI=1S/C25H27F2N5O3/c1-25(13-33)12-30-24(34-14-25)31-16-9-18(26)22(19(27)10-16)35-20-3-6-28-23-21(20)17(11-29-23)15-4-7-32(2)8-5-15/h3-4,6,9-11,33H,5,7-8,12-14H2,1-2H3,(H,28,29)(H,30,31)/t25-/m1/s1. The Labute approximate surface area is 201 Å². The lowest BCUT2D eigenvalue weighted by Gasteiger charge is -2.30. The zero-order valence-corrected chi connectivity index (χ0v) is 19.6. The highest BCUT2D eigenvalue weighted by Gasteiger charge is 2.29. The lowest BCUT2D eigenvalue weighted by atomic mass is 9.93. The van der Waals surface area contributed by atoms with Gasteiger partial charge in [0.2, 0.25) is 0 Å². The number of nitrogens with one attached hydrogen (secondary N) is 2. The quantitative estimate of drug-likeness (QED) is 0.505. The smallest absolute Gasteiger partial charge is 0.289 e. The number of benzene rings is 1. The molecule has 4 heterocycles. The molecule has 0 spiro atoms. The minimum atomic E-state index is -0.871. The number of hydrogen-bond donors (Lipinski definition) is 3. The van der Waals surface area contributed by atoms with Crippen LogP contribution in [-0.4, -0.2) is 65.9 Å². The molecule has 0 saturated carbocycles. The molecule has 184 valence electrons. The Kier molecular flexibility index (Phi) is 6.16. The fraction of sp³-hybridized carbons (Fsp3) is 0.360. The van der Waals surface area contributed by atoms with Crippen molar-refractivity contribution in [1.82, 2.24) is 14.9 Å². The van der Waals surface area contributed by atoms with E-state index in [9.17, 15) is 13.9 Å². The second-order valence-corrected chi connectivity index (χ2v) is 9.35. The lowest BCUT2D eigenvalue weighted by molar-refractivity contribution is 0.0706. The van der Waals surface area contributed by atoms with Gasteiger partial charge in [0, 0.05) is 54.3 Å². The topological polar surface area (TPSA) is 95.0 Å². The van der Waals surface area contributed by atoms with Crippen molar-refractivity contribution in [2.45, 2.75) is 13.3 Å². The Morgan fingerprint density at radius 2 is 2.11 bits per heavy atom. The van der Waals surface area contributed by atoms with E-state index in [0.29, 0.717) is 23.3 Å². The number of nitrogens with zero attached hydrogens (tertiary/aromatic N) is 3. The van der Waals surface area contributed by atoms with Crippen LogP contribution in [0.2, 0.25) is 0 Å². The number of fused-ring (bicyclic) bond motifs is 1. The number of ether oxygens (including phenoxy) is 2. The summed E-state index contributed by atoms with van der Waals surface area (Å²) in [6.45, 7) is 4.09. The Bertz CT molecular complexity index is 1300. The molecule has 2 aliphatic rings. The molecule has 10 heteroatoms. The molecule has 3 aromatic rings. The number of pyridine rings is 1. The largest absolute Gasteiger partial charge is 0.464 e. The van der Waals surface area contributed by atoms with Crippen LogP contribution in [0.15, 0.2) is 41.7 Å². The van der Waals surface area contributed by atoms with E-state index < -0.39 is 22.8 Å². The third-order valence-corrected chi connectivity index (χ3v) is 6.30. The summed E-state index contributed by atoms with van der Waals surface area (Å²) in [5.74, 6) is -1.94. The molecule has 0 fully saturated rings. The summed E-state index contributed by atoms with van der Waals surface area (Å²) < 4.78 is 41.3. The molecule has 0 bridgehead atoms. The summed E-state index contributed by atoms with van der Waals surface area (Å²) in [6, 6.07) is 3.99. The molecule has 1 aromatic carbocycles. The van der Waals surface area contributed by atoms with E-state index in [1.54, 1.807) is 6.07 Å². The van der Waals surface area contributed by atoms with E-state index in [1.807, 2.05) is 13.1 Å². The number of anilines is 1. The first-order valence-corrected chi connectivity index (χ1v) is 11.4. The number of amidine groups is 1. The number of halogens is 2. The van der Waals surface area contributed by atoms with Gasteiger partial charge in [-0.1, -0.05) is 13.0 Å². The predicted octanol–water partition coefficient (Wildman–Crippen LogP) is 4.15. The monoisotopic (exact) mass is 483 g/mol. The molecule has 2 aliphatic heterocycles. The van der Waals surface area contributed by atoms with Crippen LogP contribution in [0.3, 0.4) is 0 Å². The number of aromatic amines is 1. The fourth-order valence-electron chi connectivity index (χ4n) is 4.11. The maximum Gasteiger partial charge on any atom is 0.289 e. The van der Waals surface area contributed by atoms with Crippen LogP contribution >= 0.6 is 0 Å². The van der Waals surface area contributed by atoms with Gasteiger partial charge in [0.25, 0.3) is 6.02 Å². The van der Waals surface area contributed by atoms with Gasteiger partial charge in [0.15, 0.2) is 17.4 Å². The maximum absolute atomic E-state index is 15.0. The summed E-state index contributed by atoms with van der Waals surface area (Å²) in [5, 5.41) is 12.9. The normalized spacial score (nSPS) is 20.8. The minimum absolute atomic E-state index is 0.0709. The van der Waals surface area contributed by atoms with Crippen molar-refractivity contribution in [3.8, 4) is 11.5 Å². The second-order valence-electron chi connectivity index (χ2n) is 9.35. The van der Waals surface area contributed by atoms with Crippen molar-refractivity contribution in [1.29, 1.82) is 0 Å². The summed E-state index contributed by atoms with van der Waals surface area (Å²) in [7, 11) is 2.06. The zero-order valence-electron chi connectivity index (χ0n) is 19.6. The third kappa shape index (κ3) is 4.71. The number of aliphatic imine (C=N–C) groups is 1. The number of aliphatic hydroxyl groups excluding tert-OH is 1. The number of aromatic nitrogens is 2. The van der Waals surface area contributed by atoms with Crippen LogP contribution in [0.5, 0.6) is 11.5 Å². The van der Waals surface area contributed by atoms with Gasteiger partial charge in [-0.15, -0.1) is 0 Å². The molecule has 0 saturated heterocycles. The number of hydrogen-bond acceptors (Lipinski definition) is 7. The van der Waals surface area contributed by atoms with Crippen molar-refractivity contribution in [3.63, 3.8) is 0 Å². The molecule has 8 nitrogen and oxygen atoms in total. The number of aliphatic hydroxyl groups is 1. The predicted molar refractivity (Wildman–Crippen MR) is 130 cm³/mol. The highest BCUT2D eigenvalue weighted by molar-refractivity contribution is 5.95. The number of H-pyrrole nitrogens is 1. The summed E-state index contributed by atoms with van der Waals surface area (Å²) in [6.07, 6.45) is 6.38. The summed E-state index contributed by atoms with van der Waals surface area (Å²) >= 11 is 0. The van der Waals surface area contributed by atoms with E-state index in [0.717, 1.165) is 42.8 Å². The van der Waals surface area contributed by atoms with Gasteiger partial charge >= 0.3 is 0 Å². The summed E-state index contributed by atoms with van der Waals surface area (Å²) in [4.78, 5) is 13.9. The molecule has 0 unspecified atom stereocenters. The van der Waals surface area contributed by atoms with Gasteiger partial charge in [0.05, 0.1) is 18.5 Å². The number of likely N-dealkylation sites (N-methyl/N-ethyl adjacent to an activating group) is 1. The van der Waals surface area contributed by atoms with Crippen LogP contribution in [0.25, 0.3) is 16.6 Å². The first kappa shape index (κ1) is 23.3. The molecular weight excluding hydrogens is 456 g/mol. The van der Waals surface area contributed by atoms with Crippen molar-refractivity contribution in [2.24, 2.45) is 10.4 Å². The first-order valence-electron chi connectivity index (χ1n) is 11.4. The van der Waals surface area contributed by atoms with E-state index in [1.165, 1.54) is 6.20 Å². The Hall–Kier alpha value is -3.50. The second kappa shape index (κ2) is 9.27. The molecule has 0 aliphatic carbocycles. The van der Waals surface area contributed by atoms with Gasteiger partial charge in [-0.2, -0.15) is 0 Å². The molecule has 0 amide bonds. The molecule has 3 N–H and O–H groups in total. The Morgan fingerprint density at radius 3 is 2.77 bits per heavy atom. The average Bonchev–Trinajstić information content (AvgIpc) is 3.29. The molecule has 1 atom stereocenters. The van der Waals surface area contributed by atoms with E-state index >= 15 is 0 Å². The van der Waals surface area contributed by atoms with Crippen molar-refractivity contribution >= 4 is 28.3 Å². The van der Waals surface area contributed by atoms with Crippen LogP contribution in [0.4, 0.5) is 14.5 Å². The average molecular weight is 484 g/mol. The van der Waals surface area contributed by atoms with Gasteiger partial charge in [-0.25, -0.2) is 18.8 Å². The van der Waals surface area contributed by atoms with E-state index in [-0.39, 0.29) is 24.9 Å². The van der Waals surface area contributed by atoms with E-state index in [4.69, 9.17) is 9.47 Å². The third-order valence-electron chi connectivity index (χ3n) is 6.30. The zero-order chi connectivity index (χ0) is 24.6. The molecule has 2 aromatic heterocycles. The Balaban J connectivity index is 1.41. The van der Waals surface area contributed by atoms with Crippen molar-refractivity contribution in [2.75, 3.05) is 45.2 Å². The molecular formula is C25H27F2N5O3. The minimum Gasteiger partial charge on any atom is -0.464 e. The van der Waals surface area contributed by atoms with Crippen LogP contribution in [-0.2, 0) is 4.74 Å². The van der Waals surface area contributed by atoms with Gasteiger partial charge in [0.1, 0.15) is 18.0 Å². The molecule has 0 radical (unpaired) electrons. The first-order chi connectivity index (χ1) is 16.8. The molecule has 35 heavy (non-hydrogen) atoms. The lowest BCUT2D eigenvalue weighted by Crippen LogP contribution is -2.38. The number of rotatable bonds is 5. The van der Waals surface area contributed by atoms with Crippen LogP contribution < -0.4 is 10.1 Å². The van der Waals surface area contributed by atoms with Gasteiger partial charge in [-0.3, -0.25) is 0 Å². The maximum atomic E-state index is 15.0. The van der Waals surface area contributed by atoms with Crippen LogP contribution in [0.1, 0.15) is 18.9 Å². The Morgan fingerprint density at radius 1 is 1.31 bits per heavy atom.